The Morgan fingerprint density at radius 2 is 2.00 bits per heavy atom. The fraction of sp³-hybridized carbons (Fsp3) is 0.429. The summed E-state index contributed by atoms with van der Waals surface area (Å²) in [6.45, 7) is 5.92. The predicted molar refractivity (Wildman–Crippen MR) is 127 cm³/mol. The molecule has 1 unspecified atom stereocenters. The van der Waals surface area contributed by atoms with E-state index >= 15 is 0 Å². The maximum Gasteiger partial charge on any atom is 0.191 e. The molecule has 1 aliphatic heterocycles. The summed E-state index contributed by atoms with van der Waals surface area (Å²) in [6.07, 6.45) is 2.09. The van der Waals surface area contributed by atoms with Gasteiger partial charge in [0, 0.05) is 39.4 Å². The van der Waals surface area contributed by atoms with Crippen LogP contribution in [-0.2, 0) is 17.8 Å². The standard InChI is InChI=1S/C21H29N5O2.HI/c1-16-15-26(9-10-28-16)20-12-18(7-8-23-20)14-25-21(22-2)24-13-17-5-4-6-19(11-17)27-3;/h4-8,11-12,16H,9-10,13-15H2,1-3H3,(H2,22,24,25);1H. The smallest absolute Gasteiger partial charge is 0.191 e. The number of morpholine rings is 1. The zero-order chi connectivity index (χ0) is 19.8. The number of hydrogen-bond donors (Lipinski definition) is 2. The van der Waals surface area contributed by atoms with Crippen molar-refractivity contribution in [3.05, 3.63) is 53.7 Å². The summed E-state index contributed by atoms with van der Waals surface area (Å²) in [4.78, 5) is 11.1. The van der Waals surface area contributed by atoms with Crippen LogP contribution in [-0.4, -0.2) is 50.9 Å². The molecule has 29 heavy (non-hydrogen) atoms. The first-order chi connectivity index (χ1) is 13.7. The van der Waals surface area contributed by atoms with E-state index in [-0.39, 0.29) is 30.1 Å². The Balaban J connectivity index is 0.00000300. The highest BCUT2D eigenvalue weighted by atomic mass is 127. The second-order valence-electron chi connectivity index (χ2n) is 6.78. The normalized spacial score (nSPS) is 16.7. The van der Waals surface area contributed by atoms with E-state index in [4.69, 9.17) is 9.47 Å². The van der Waals surface area contributed by atoms with Crippen molar-refractivity contribution in [1.29, 1.82) is 0 Å². The average Bonchev–Trinajstić information content (AvgIpc) is 2.74. The Bertz CT molecular complexity index is 802. The van der Waals surface area contributed by atoms with Crippen LogP contribution in [0, 0.1) is 0 Å². The quantitative estimate of drug-likeness (QED) is 0.353. The van der Waals surface area contributed by atoms with Crippen molar-refractivity contribution in [3.63, 3.8) is 0 Å². The van der Waals surface area contributed by atoms with Crippen LogP contribution in [0.3, 0.4) is 0 Å². The average molecular weight is 511 g/mol. The van der Waals surface area contributed by atoms with Gasteiger partial charge in [0.15, 0.2) is 5.96 Å². The summed E-state index contributed by atoms with van der Waals surface area (Å²) in [5, 5.41) is 6.69. The van der Waals surface area contributed by atoms with Crippen LogP contribution in [0.15, 0.2) is 47.6 Å². The minimum absolute atomic E-state index is 0. The first kappa shape index (κ1) is 23.2. The molecular formula is C21H30IN5O2. The highest BCUT2D eigenvalue weighted by Gasteiger charge is 2.18. The first-order valence-electron chi connectivity index (χ1n) is 9.57. The van der Waals surface area contributed by atoms with Crippen molar-refractivity contribution < 1.29 is 9.47 Å². The molecule has 158 valence electrons. The van der Waals surface area contributed by atoms with Crippen molar-refractivity contribution in [2.45, 2.75) is 26.1 Å². The molecule has 0 amide bonds. The van der Waals surface area contributed by atoms with Crippen LogP contribution >= 0.6 is 24.0 Å². The summed E-state index contributed by atoms with van der Waals surface area (Å²) >= 11 is 0. The minimum Gasteiger partial charge on any atom is -0.497 e. The number of halogens is 1. The Hall–Kier alpha value is -2.07. The second kappa shape index (κ2) is 11.8. The van der Waals surface area contributed by atoms with Crippen molar-refractivity contribution in [2.75, 3.05) is 38.8 Å². The van der Waals surface area contributed by atoms with Gasteiger partial charge in [0.1, 0.15) is 11.6 Å². The number of nitrogens with zero attached hydrogens (tertiary/aromatic N) is 3. The first-order valence-corrected chi connectivity index (χ1v) is 9.57. The lowest BCUT2D eigenvalue weighted by Crippen LogP contribution is -2.41. The number of methoxy groups -OCH3 is 1. The summed E-state index contributed by atoms with van der Waals surface area (Å²) in [5.74, 6) is 2.60. The van der Waals surface area contributed by atoms with Crippen LogP contribution in [0.5, 0.6) is 5.75 Å². The molecule has 1 aliphatic rings. The fourth-order valence-corrected chi connectivity index (χ4v) is 3.14. The summed E-state index contributed by atoms with van der Waals surface area (Å²) in [6, 6.07) is 12.1. The fourth-order valence-electron chi connectivity index (χ4n) is 3.14. The number of ether oxygens (including phenoxy) is 2. The zero-order valence-corrected chi connectivity index (χ0v) is 19.6. The molecular weight excluding hydrogens is 481 g/mol. The van der Waals surface area contributed by atoms with E-state index in [0.29, 0.717) is 13.1 Å². The molecule has 1 fully saturated rings. The van der Waals surface area contributed by atoms with Gasteiger partial charge in [-0.25, -0.2) is 4.98 Å². The Morgan fingerprint density at radius 1 is 1.24 bits per heavy atom. The van der Waals surface area contributed by atoms with Gasteiger partial charge in [0.25, 0.3) is 0 Å². The van der Waals surface area contributed by atoms with Gasteiger partial charge in [-0.1, -0.05) is 12.1 Å². The molecule has 2 heterocycles. The van der Waals surface area contributed by atoms with E-state index in [1.165, 1.54) is 0 Å². The molecule has 0 bridgehead atoms. The molecule has 3 rings (SSSR count). The maximum absolute atomic E-state index is 5.62. The third kappa shape index (κ3) is 7.04. The lowest BCUT2D eigenvalue weighted by atomic mass is 10.2. The van der Waals surface area contributed by atoms with E-state index in [1.54, 1.807) is 14.2 Å². The number of aromatic nitrogens is 1. The van der Waals surface area contributed by atoms with Gasteiger partial charge in [-0.2, -0.15) is 0 Å². The Labute approximate surface area is 189 Å². The molecule has 8 heteroatoms. The third-order valence-electron chi connectivity index (χ3n) is 4.65. The van der Waals surface area contributed by atoms with Crippen molar-refractivity contribution in [3.8, 4) is 5.75 Å². The van der Waals surface area contributed by atoms with Crippen LogP contribution in [0.4, 0.5) is 5.82 Å². The van der Waals surface area contributed by atoms with Gasteiger partial charge in [0.05, 0.1) is 19.8 Å². The van der Waals surface area contributed by atoms with E-state index in [1.807, 2.05) is 30.5 Å². The number of benzene rings is 1. The van der Waals surface area contributed by atoms with Crippen molar-refractivity contribution >= 4 is 35.8 Å². The predicted octanol–water partition coefficient (Wildman–Crippen LogP) is 2.80. The highest BCUT2D eigenvalue weighted by Crippen LogP contribution is 2.16. The SMILES string of the molecule is CN=C(NCc1cccc(OC)c1)NCc1ccnc(N2CCOC(C)C2)c1.I. The maximum atomic E-state index is 5.62. The lowest BCUT2D eigenvalue weighted by molar-refractivity contribution is 0.0529. The number of hydrogen-bond acceptors (Lipinski definition) is 5. The topological polar surface area (TPSA) is 71.0 Å². The molecule has 0 spiro atoms. The number of anilines is 1. The van der Waals surface area contributed by atoms with Crippen LogP contribution in [0.2, 0.25) is 0 Å². The molecule has 0 saturated carbocycles. The molecule has 7 nitrogen and oxygen atoms in total. The number of pyridine rings is 1. The zero-order valence-electron chi connectivity index (χ0n) is 17.2. The van der Waals surface area contributed by atoms with Gasteiger partial charge in [-0.3, -0.25) is 4.99 Å². The molecule has 1 atom stereocenters. The monoisotopic (exact) mass is 511 g/mol. The van der Waals surface area contributed by atoms with Crippen LogP contribution < -0.4 is 20.3 Å². The van der Waals surface area contributed by atoms with Gasteiger partial charge >= 0.3 is 0 Å². The van der Waals surface area contributed by atoms with Crippen molar-refractivity contribution in [1.82, 2.24) is 15.6 Å². The van der Waals surface area contributed by atoms with Gasteiger partial charge < -0.3 is 25.0 Å². The summed E-state index contributed by atoms with van der Waals surface area (Å²) < 4.78 is 10.9. The lowest BCUT2D eigenvalue weighted by Gasteiger charge is -2.32. The second-order valence-corrected chi connectivity index (χ2v) is 6.78. The minimum atomic E-state index is 0. The Kier molecular flexibility index (Phi) is 9.46. The largest absolute Gasteiger partial charge is 0.497 e. The summed E-state index contributed by atoms with van der Waals surface area (Å²) in [5.41, 5.74) is 2.29. The van der Waals surface area contributed by atoms with Gasteiger partial charge in [-0.05, 0) is 42.3 Å². The molecule has 1 saturated heterocycles. The van der Waals surface area contributed by atoms with E-state index < -0.39 is 0 Å². The number of rotatable bonds is 6. The van der Waals surface area contributed by atoms with E-state index in [9.17, 15) is 0 Å². The van der Waals surface area contributed by atoms with E-state index in [2.05, 4.69) is 44.6 Å². The molecule has 2 N–H and O–H groups in total. The highest BCUT2D eigenvalue weighted by molar-refractivity contribution is 14.0. The third-order valence-corrected chi connectivity index (χ3v) is 4.65. The van der Waals surface area contributed by atoms with Crippen LogP contribution in [0.1, 0.15) is 18.1 Å². The number of nitrogens with one attached hydrogen (secondary N) is 2. The number of aliphatic imine (C=N–C) groups is 1. The molecule has 0 radical (unpaired) electrons. The van der Waals surface area contributed by atoms with Gasteiger partial charge in [-0.15, -0.1) is 24.0 Å². The molecule has 1 aromatic heterocycles. The summed E-state index contributed by atoms with van der Waals surface area (Å²) in [7, 11) is 3.45. The molecule has 1 aromatic carbocycles. The molecule has 2 aromatic rings. The van der Waals surface area contributed by atoms with Crippen LogP contribution in [0.25, 0.3) is 0 Å². The van der Waals surface area contributed by atoms with E-state index in [0.717, 1.165) is 48.4 Å². The Morgan fingerprint density at radius 3 is 2.69 bits per heavy atom. The number of guanidine groups is 1. The van der Waals surface area contributed by atoms with Crippen molar-refractivity contribution in [2.24, 2.45) is 4.99 Å². The van der Waals surface area contributed by atoms with Gasteiger partial charge in [0.2, 0.25) is 0 Å². The molecule has 0 aliphatic carbocycles.